The number of aromatic nitrogens is 1. The average Bonchev–Trinajstić information content (AvgIpc) is 2.45. The lowest BCUT2D eigenvalue weighted by molar-refractivity contribution is -0.139. The topological polar surface area (TPSA) is 38.9 Å². The Morgan fingerprint density at radius 2 is 1.45 bits per heavy atom. The van der Waals surface area contributed by atoms with Crippen molar-refractivity contribution in [3.05, 3.63) is 65.0 Å². The van der Waals surface area contributed by atoms with Crippen molar-refractivity contribution in [2.24, 2.45) is 5.73 Å². The molecule has 0 unspecified atom stereocenters. The van der Waals surface area contributed by atoms with Crippen LogP contribution in [0.15, 0.2) is 42.6 Å². The summed E-state index contributed by atoms with van der Waals surface area (Å²) < 4.78 is 76.1. The van der Waals surface area contributed by atoms with Gasteiger partial charge >= 0.3 is 12.4 Å². The second-order valence-corrected chi connectivity index (χ2v) is 4.53. The fraction of sp³-hybridized carbons (Fsp3) is 0.214. The van der Waals surface area contributed by atoms with Crippen molar-refractivity contribution in [2.75, 3.05) is 0 Å². The molecule has 0 fully saturated rings. The van der Waals surface area contributed by atoms with Gasteiger partial charge in [-0.15, -0.1) is 0 Å². The highest BCUT2D eigenvalue weighted by Crippen LogP contribution is 2.35. The summed E-state index contributed by atoms with van der Waals surface area (Å²) >= 11 is 0. The molecule has 0 saturated heterocycles. The first-order valence-corrected chi connectivity index (χ1v) is 6.05. The van der Waals surface area contributed by atoms with Crippen LogP contribution >= 0.6 is 0 Å². The Bertz CT molecular complexity index is 646. The molecular formula is C14H10F6N2. The van der Waals surface area contributed by atoms with Gasteiger partial charge in [-0.1, -0.05) is 12.1 Å². The molecule has 0 radical (unpaired) electrons. The summed E-state index contributed by atoms with van der Waals surface area (Å²) in [4.78, 5) is 3.63. The molecule has 118 valence electrons. The number of hydrogen-bond acceptors (Lipinski definition) is 2. The number of hydrogen-bond donors (Lipinski definition) is 1. The van der Waals surface area contributed by atoms with E-state index >= 15 is 0 Å². The van der Waals surface area contributed by atoms with Crippen LogP contribution in [0.4, 0.5) is 26.3 Å². The van der Waals surface area contributed by atoms with Crippen molar-refractivity contribution in [2.45, 2.75) is 18.4 Å². The van der Waals surface area contributed by atoms with Crippen molar-refractivity contribution in [1.82, 2.24) is 4.98 Å². The highest BCUT2D eigenvalue weighted by Gasteiger charge is 2.36. The lowest BCUT2D eigenvalue weighted by Gasteiger charge is -2.18. The molecule has 1 atom stereocenters. The van der Waals surface area contributed by atoms with E-state index in [0.717, 1.165) is 42.6 Å². The third-order valence-electron chi connectivity index (χ3n) is 3.04. The minimum absolute atomic E-state index is 0.109. The summed E-state index contributed by atoms with van der Waals surface area (Å²) in [5, 5.41) is 0. The maximum atomic E-state index is 12.9. The lowest BCUT2D eigenvalue weighted by atomic mass is 9.99. The first-order chi connectivity index (χ1) is 10.1. The number of rotatable bonds is 2. The van der Waals surface area contributed by atoms with E-state index in [0.29, 0.717) is 0 Å². The van der Waals surface area contributed by atoms with Gasteiger partial charge in [-0.3, -0.25) is 4.98 Å². The van der Waals surface area contributed by atoms with Crippen LogP contribution in [0.5, 0.6) is 0 Å². The van der Waals surface area contributed by atoms with Crippen LogP contribution in [0.3, 0.4) is 0 Å². The van der Waals surface area contributed by atoms with Gasteiger partial charge in [0.2, 0.25) is 0 Å². The van der Waals surface area contributed by atoms with E-state index in [1.54, 1.807) is 0 Å². The molecule has 2 N–H and O–H groups in total. The number of benzene rings is 1. The van der Waals surface area contributed by atoms with Crippen LogP contribution in [0, 0.1) is 0 Å². The monoisotopic (exact) mass is 320 g/mol. The van der Waals surface area contributed by atoms with E-state index in [1.165, 1.54) is 0 Å². The standard InChI is InChI=1S/C14H10F6N2/c15-13(16,17)9-5-3-8(4-6-9)11(21)12-10(14(18,19)20)2-1-7-22-12/h1-7,11H,21H2/t11-/m0/s1. The molecule has 0 aliphatic carbocycles. The van der Waals surface area contributed by atoms with Crippen LogP contribution in [0.1, 0.15) is 28.4 Å². The summed E-state index contributed by atoms with van der Waals surface area (Å²) in [5.41, 5.74) is 3.49. The Morgan fingerprint density at radius 1 is 0.864 bits per heavy atom. The Kier molecular flexibility index (Phi) is 4.15. The predicted molar refractivity (Wildman–Crippen MR) is 66.7 cm³/mol. The quantitative estimate of drug-likeness (QED) is 0.844. The maximum absolute atomic E-state index is 12.9. The molecule has 1 aromatic heterocycles. The van der Waals surface area contributed by atoms with Crippen molar-refractivity contribution in [3.63, 3.8) is 0 Å². The molecule has 0 bridgehead atoms. The summed E-state index contributed by atoms with van der Waals surface area (Å²) in [6.45, 7) is 0. The Hall–Kier alpha value is -2.09. The number of halogens is 6. The smallest absolute Gasteiger partial charge is 0.319 e. The summed E-state index contributed by atoms with van der Waals surface area (Å²) in [6.07, 6.45) is -8.02. The van der Waals surface area contributed by atoms with E-state index < -0.39 is 35.2 Å². The first kappa shape index (κ1) is 16.3. The zero-order valence-electron chi connectivity index (χ0n) is 10.9. The average molecular weight is 320 g/mol. The third-order valence-corrected chi connectivity index (χ3v) is 3.04. The summed E-state index contributed by atoms with van der Waals surface area (Å²) in [5.74, 6) is 0. The number of pyridine rings is 1. The molecule has 0 spiro atoms. The van der Waals surface area contributed by atoms with Crippen molar-refractivity contribution < 1.29 is 26.3 Å². The van der Waals surface area contributed by atoms with Gasteiger partial charge < -0.3 is 5.73 Å². The van der Waals surface area contributed by atoms with Crippen LogP contribution in [0.25, 0.3) is 0 Å². The van der Waals surface area contributed by atoms with Gasteiger partial charge in [0.05, 0.1) is 22.9 Å². The van der Waals surface area contributed by atoms with Crippen LogP contribution in [0.2, 0.25) is 0 Å². The SMILES string of the molecule is N[C@@H](c1ccc(C(F)(F)F)cc1)c1ncccc1C(F)(F)F. The highest BCUT2D eigenvalue weighted by molar-refractivity contribution is 5.35. The molecule has 22 heavy (non-hydrogen) atoms. The number of alkyl halides is 6. The molecule has 2 rings (SSSR count). The maximum Gasteiger partial charge on any atom is 0.418 e. The molecule has 8 heteroatoms. The molecule has 1 aromatic carbocycles. The molecule has 0 aliphatic rings. The molecule has 0 saturated carbocycles. The summed E-state index contributed by atoms with van der Waals surface area (Å²) in [6, 6.07) is 4.29. The zero-order chi connectivity index (χ0) is 16.5. The van der Waals surface area contributed by atoms with E-state index in [1.807, 2.05) is 0 Å². The zero-order valence-corrected chi connectivity index (χ0v) is 10.9. The highest BCUT2D eigenvalue weighted by atomic mass is 19.4. The van der Waals surface area contributed by atoms with Crippen LogP contribution < -0.4 is 5.73 Å². The predicted octanol–water partition coefficient (Wildman–Crippen LogP) is 4.17. The van der Waals surface area contributed by atoms with E-state index in [4.69, 9.17) is 5.73 Å². The Morgan fingerprint density at radius 3 is 1.95 bits per heavy atom. The molecule has 1 heterocycles. The molecular weight excluding hydrogens is 310 g/mol. The fourth-order valence-electron chi connectivity index (χ4n) is 1.94. The molecule has 0 amide bonds. The van der Waals surface area contributed by atoms with Gasteiger partial charge in [-0.05, 0) is 29.8 Å². The summed E-state index contributed by atoms with van der Waals surface area (Å²) in [7, 11) is 0. The second kappa shape index (κ2) is 5.60. The largest absolute Gasteiger partial charge is 0.418 e. The third kappa shape index (κ3) is 3.38. The lowest BCUT2D eigenvalue weighted by Crippen LogP contribution is -2.20. The van der Waals surface area contributed by atoms with Gasteiger partial charge in [-0.25, -0.2) is 0 Å². The number of nitrogens with two attached hydrogens (primary N) is 1. The number of nitrogens with zero attached hydrogens (tertiary/aromatic N) is 1. The van der Waals surface area contributed by atoms with Crippen LogP contribution in [-0.2, 0) is 12.4 Å². The van der Waals surface area contributed by atoms with Gasteiger partial charge in [0.1, 0.15) is 0 Å². The van der Waals surface area contributed by atoms with Crippen molar-refractivity contribution in [3.8, 4) is 0 Å². The van der Waals surface area contributed by atoms with Gasteiger partial charge in [0.15, 0.2) is 0 Å². The molecule has 2 aromatic rings. The van der Waals surface area contributed by atoms with Gasteiger partial charge in [-0.2, -0.15) is 26.3 Å². The van der Waals surface area contributed by atoms with Crippen LogP contribution in [-0.4, -0.2) is 4.98 Å². The molecule has 2 nitrogen and oxygen atoms in total. The van der Waals surface area contributed by atoms with E-state index in [2.05, 4.69) is 4.98 Å². The second-order valence-electron chi connectivity index (χ2n) is 4.53. The van der Waals surface area contributed by atoms with E-state index in [9.17, 15) is 26.3 Å². The minimum atomic E-state index is -4.65. The van der Waals surface area contributed by atoms with Gasteiger partial charge in [0, 0.05) is 6.20 Å². The Balaban J connectivity index is 2.39. The van der Waals surface area contributed by atoms with Crippen molar-refractivity contribution >= 4 is 0 Å². The first-order valence-electron chi connectivity index (χ1n) is 6.05. The Labute approximate surface area is 121 Å². The van der Waals surface area contributed by atoms with Gasteiger partial charge in [0.25, 0.3) is 0 Å². The van der Waals surface area contributed by atoms with Crippen molar-refractivity contribution in [1.29, 1.82) is 0 Å². The molecule has 0 aliphatic heterocycles. The normalized spacial score (nSPS) is 14.0. The minimum Gasteiger partial charge on any atom is -0.319 e. The fourth-order valence-corrected chi connectivity index (χ4v) is 1.94. The van der Waals surface area contributed by atoms with E-state index in [-0.39, 0.29) is 5.56 Å².